The molecule has 4 nitrogen and oxygen atoms in total. The van der Waals surface area contributed by atoms with Crippen LogP contribution in [0.25, 0.3) is 0 Å². The molecule has 2 aromatic carbocycles. The molecule has 0 saturated carbocycles. The quantitative estimate of drug-likeness (QED) is 0.757. The Hall–Kier alpha value is -2.04. The van der Waals surface area contributed by atoms with Crippen molar-refractivity contribution < 1.29 is 9.90 Å². The first-order valence-corrected chi connectivity index (χ1v) is 6.52. The zero-order valence-electron chi connectivity index (χ0n) is 10.7. The summed E-state index contributed by atoms with van der Waals surface area (Å²) in [5.41, 5.74) is 7.16. The summed E-state index contributed by atoms with van der Waals surface area (Å²) in [6, 6.07) is 13.8. The summed E-state index contributed by atoms with van der Waals surface area (Å²) >= 11 is 5.80. The molecule has 0 aliphatic rings. The lowest BCUT2D eigenvalue weighted by molar-refractivity contribution is 0.0916. The average molecular weight is 291 g/mol. The van der Waals surface area contributed by atoms with Crippen molar-refractivity contribution in [3.8, 4) is 0 Å². The summed E-state index contributed by atoms with van der Waals surface area (Å²) in [6.07, 6.45) is -0.746. The highest BCUT2D eigenvalue weighted by Crippen LogP contribution is 2.19. The van der Waals surface area contributed by atoms with Crippen LogP contribution in [0.15, 0.2) is 48.5 Å². The van der Waals surface area contributed by atoms with Gasteiger partial charge in [-0.25, -0.2) is 0 Å². The van der Waals surface area contributed by atoms with Crippen LogP contribution in [0.1, 0.15) is 22.0 Å². The number of aliphatic hydroxyl groups excluding tert-OH is 1. The minimum atomic E-state index is -0.746. The van der Waals surface area contributed by atoms with E-state index < -0.39 is 6.10 Å². The lowest BCUT2D eigenvalue weighted by Gasteiger charge is -2.12. The van der Waals surface area contributed by atoms with Gasteiger partial charge in [0, 0.05) is 12.1 Å². The minimum absolute atomic E-state index is 0.130. The molecule has 104 valence electrons. The van der Waals surface area contributed by atoms with Crippen LogP contribution in [0.2, 0.25) is 5.02 Å². The first-order chi connectivity index (χ1) is 9.58. The molecule has 1 atom stereocenters. The fourth-order valence-corrected chi connectivity index (χ4v) is 1.89. The van der Waals surface area contributed by atoms with Crippen LogP contribution in [0.3, 0.4) is 0 Å². The molecule has 20 heavy (non-hydrogen) atoms. The number of rotatable bonds is 4. The van der Waals surface area contributed by atoms with Crippen LogP contribution >= 0.6 is 11.6 Å². The van der Waals surface area contributed by atoms with E-state index in [0.29, 0.717) is 16.3 Å². The Morgan fingerprint density at radius 1 is 1.25 bits per heavy atom. The summed E-state index contributed by atoms with van der Waals surface area (Å²) in [5, 5.41) is 13.0. The molecule has 0 spiro atoms. The van der Waals surface area contributed by atoms with Gasteiger partial charge in [-0.15, -0.1) is 0 Å². The number of halogens is 1. The molecule has 0 fully saturated rings. The van der Waals surface area contributed by atoms with Crippen LogP contribution in [-0.2, 0) is 0 Å². The highest BCUT2D eigenvalue weighted by Gasteiger charge is 2.11. The van der Waals surface area contributed by atoms with Crippen molar-refractivity contribution in [3.05, 3.63) is 64.7 Å². The van der Waals surface area contributed by atoms with Crippen LogP contribution in [-0.4, -0.2) is 17.6 Å². The fourth-order valence-electron chi connectivity index (χ4n) is 1.77. The third-order valence-electron chi connectivity index (χ3n) is 2.90. The summed E-state index contributed by atoms with van der Waals surface area (Å²) in [6.45, 7) is 0.130. The number of carbonyl (C=O) groups is 1. The maximum Gasteiger partial charge on any atom is 0.251 e. The molecule has 2 aromatic rings. The zero-order valence-corrected chi connectivity index (χ0v) is 11.5. The van der Waals surface area contributed by atoms with Crippen LogP contribution in [0, 0.1) is 0 Å². The van der Waals surface area contributed by atoms with Crippen molar-refractivity contribution in [2.75, 3.05) is 12.3 Å². The van der Waals surface area contributed by atoms with Crippen molar-refractivity contribution in [1.29, 1.82) is 0 Å². The second-order valence-corrected chi connectivity index (χ2v) is 4.78. The second kappa shape index (κ2) is 6.41. The van der Waals surface area contributed by atoms with Gasteiger partial charge >= 0.3 is 0 Å². The predicted molar refractivity (Wildman–Crippen MR) is 79.6 cm³/mol. The standard InChI is InChI=1S/C15H15ClN2O2/c16-12-7-6-11(8-13(12)17)15(20)18-9-14(19)10-4-2-1-3-5-10/h1-8,14,19H,9,17H2,(H,18,20). The molecule has 0 heterocycles. The van der Waals surface area contributed by atoms with E-state index in [1.54, 1.807) is 24.3 Å². The molecule has 0 saturated heterocycles. The van der Waals surface area contributed by atoms with E-state index in [4.69, 9.17) is 17.3 Å². The van der Waals surface area contributed by atoms with Gasteiger partial charge in [-0.05, 0) is 23.8 Å². The third kappa shape index (κ3) is 3.50. The van der Waals surface area contributed by atoms with Crippen molar-refractivity contribution >= 4 is 23.2 Å². The number of amides is 1. The molecule has 2 rings (SSSR count). The first kappa shape index (κ1) is 14.4. The monoisotopic (exact) mass is 290 g/mol. The molecule has 0 aliphatic carbocycles. The van der Waals surface area contributed by atoms with Gasteiger partial charge in [-0.2, -0.15) is 0 Å². The minimum Gasteiger partial charge on any atom is -0.398 e. The molecule has 0 radical (unpaired) electrons. The maximum absolute atomic E-state index is 11.9. The van der Waals surface area contributed by atoms with E-state index in [1.807, 2.05) is 18.2 Å². The van der Waals surface area contributed by atoms with Crippen molar-refractivity contribution in [3.63, 3.8) is 0 Å². The normalized spacial score (nSPS) is 11.9. The van der Waals surface area contributed by atoms with Gasteiger partial charge in [0.05, 0.1) is 16.8 Å². The number of aliphatic hydroxyl groups is 1. The van der Waals surface area contributed by atoms with Gasteiger partial charge in [0.15, 0.2) is 0 Å². The average Bonchev–Trinajstić information content (AvgIpc) is 2.48. The SMILES string of the molecule is Nc1cc(C(=O)NCC(O)c2ccccc2)ccc1Cl. The van der Waals surface area contributed by atoms with Gasteiger partial charge in [0.1, 0.15) is 0 Å². The largest absolute Gasteiger partial charge is 0.398 e. The van der Waals surface area contributed by atoms with E-state index in [9.17, 15) is 9.90 Å². The van der Waals surface area contributed by atoms with E-state index >= 15 is 0 Å². The Kier molecular flexibility index (Phi) is 4.61. The number of nitrogens with one attached hydrogen (secondary N) is 1. The molecular formula is C15H15ClN2O2. The van der Waals surface area contributed by atoms with E-state index in [2.05, 4.69) is 5.32 Å². The fraction of sp³-hybridized carbons (Fsp3) is 0.133. The Labute approximate surface area is 122 Å². The summed E-state index contributed by atoms with van der Waals surface area (Å²) in [4.78, 5) is 11.9. The lowest BCUT2D eigenvalue weighted by Crippen LogP contribution is -2.28. The molecule has 5 heteroatoms. The molecule has 0 aromatic heterocycles. The molecule has 0 aliphatic heterocycles. The maximum atomic E-state index is 11.9. The van der Waals surface area contributed by atoms with Gasteiger partial charge < -0.3 is 16.2 Å². The third-order valence-corrected chi connectivity index (χ3v) is 3.24. The summed E-state index contributed by atoms with van der Waals surface area (Å²) in [5.74, 6) is -0.302. The van der Waals surface area contributed by atoms with Crippen LogP contribution in [0.5, 0.6) is 0 Å². The Balaban J connectivity index is 1.97. The highest BCUT2D eigenvalue weighted by molar-refractivity contribution is 6.33. The van der Waals surface area contributed by atoms with E-state index in [0.717, 1.165) is 5.56 Å². The van der Waals surface area contributed by atoms with Crippen LogP contribution < -0.4 is 11.1 Å². The molecule has 4 N–H and O–H groups in total. The number of nitrogen functional groups attached to an aromatic ring is 1. The topological polar surface area (TPSA) is 75.4 Å². The summed E-state index contributed by atoms with van der Waals surface area (Å²) < 4.78 is 0. The number of carbonyl (C=O) groups excluding carboxylic acids is 1. The van der Waals surface area contributed by atoms with Crippen molar-refractivity contribution in [1.82, 2.24) is 5.32 Å². The van der Waals surface area contributed by atoms with Gasteiger partial charge in [-0.1, -0.05) is 41.9 Å². The highest BCUT2D eigenvalue weighted by atomic mass is 35.5. The number of nitrogens with two attached hydrogens (primary N) is 1. The molecule has 1 unspecified atom stereocenters. The van der Waals surface area contributed by atoms with Crippen LogP contribution in [0.4, 0.5) is 5.69 Å². The lowest BCUT2D eigenvalue weighted by atomic mass is 10.1. The molecular weight excluding hydrogens is 276 g/mol. The molecule has 1 amide bonds. The zero-order chi connectivity index (χ0) is 14.5. The van der Waals surface area contributed by atoms with Crippen molar-refractivity contribution in [2.45, 2.75) is 6.10 Å². The van der Waals surface area contributed by atoms with Crippen molar-refractivity contribution in [2.24, 2.45) is 0 Å². The van der Waals surface area contributed by atoms with Gasteiger partial charge in [0.2, 0.25) is 0 Å². The number of anilines is 1. The number of benzene rings is 2. The second-order valence-electron chi connectivity index (χ2n) is 4.37. The number of hydrogen-bond acceptors (Lipinski definition) is 3. The van der Waals surface area contributed by atoms with Gasteiger partial charge in [-0.3, -0.25) is 4.79 Å². The van der Waals surface area contributed by atoms with Gasteiger partial charge in [0.25, 0.3) is 5.91 Å². The summed E-state index contributed by atoms with van der Waals surface area (Å²) in [7, 11) is 0. The Morgan fingerprint density at radius 2 is 1.95 bits per heavy atom. The first-order valence-electron chi connectivity index (χ1n) is 6.14. The number of hydrogen-bond donors (Lipinski definition) is 3. The smallest absolute Gasteiger partial charge is 0.251 e. The Morgan fingerprint density at radius 3 is 2.60 bits per heavy atom. The van der Waals surface area contributed by atoms with E-state index in [-0.39, 0.29) is 12.5 Å². The Bertz CT molecular complexity index is 602. The van der Waals surface area contributed by atoms with E-state index in [1.165, 1.54) is 6.07 Å². The molecule has 0 bridgehead atoms. The predicted octanol–water partition coefficient (Wildman–Crippen LogP) is 2.39.